The Labute approximate surface area is 110 Å². The van der Waals surface area contributed by atoms with Crippen molar-refractivity contribution in [3.63, 3.8) is 0 Å². The normalized spacial score (nSPS) is 30.6. The molecule has 0 radical (unpaired) electrons. The van der Waals surface area contributed by atoms with Gasteiger partial charge in [0.15, 0.2) is 0 Å². The Bertz CT molecular complexity index is 363. The predicted molar refractivity (Wildman–Crippen MR) is 72.8 cm³/mol. The van der Waals surface area contributed by atoms with Crippen molar-refractivity contribution in [3.05, 3.63) is 20.8 Å². The molecule has 3 heteroatoms. The number of hydrogen-bond donors (Lipinski definition) is 0. The van der Waals surface area contributed by atoms with Crippen LogP contribution in [0.15, 0.2) is 15.9 Å². The van der Waals surface area contributed by atoms with Crippen LogP contribution >= 0.6 is 27.3 Å². The number of likely N-dealkylation sites (tertiary alicyclic amines) is 1. The molecule has 1 saturated heterocycles. The highest BCUT2D eigenvalue weighted by Crippen LogP contribution is 2.37. The Morgan fingerprint density at radius 2 is 2.19 bits per heavy atom. The average Bonchev–Trinajstić information content (AvgIpc) is 2.87. The van der Waals surface area contributed by atoms with Crippen molar-refractivity contribution in [2.75, 3.05) is 6.54 Å². The first-order chi connectivity index (χ1) is 7.83. The smallest absolute Gasteiger partial charge is 0.0331 e. The Morgan fingerprint density at radius 3 is 3.00 bits per heavy atom. The van der Waals surface area contributed by atoms with E-state index in [0.717, 1.165) is 12.0 Å². The SMILES string of the molecule is Brc1csc(CN2CCC3CCCCC32)c1. The lowest BCUT2D eigenvalue weighted by Crippen LogP contribution is -2.33. The fraction of sp³-hybridized carbons (Fsp3) is 0.692. The molecule has 16 heavy (non-hydrogen) atoms. The molecular formula is C13H18BrNS. The van der Waals surface area contributed by atoms with Gasteiger partial charge in [-0.2, -0.15) is 0 Å². The molecule has 2 atom stereocenters. The first-order valence-electron chi connectivity index (χ1n) is 6.30. The summed E-state index contributed by atoms with van der Waals surface area (Å²) in [5, 5.41) is 2.20. The van der Waals surface area contributed by atoms with Crippen LogP contribution in [0.1, 0.15) is 37.0 Å². The van der Waals surface area contributed by atoms with Gasteiger partial charge in [0.05, 0.1) is 0 Å². The lowest BCUT2D eigenvalue weighted by Gasteiger charge is -2.31. The van der Waals surface area contributed by atoms with Gasteiger partial charge in [-0.1, -0.05) is 12.8 Å². The summed E-state index contributed by atoms with van der Waals surface area (Å²) in [6, 6.07) is 3.18. The second-order valence-electron chi connectivity index (χ2n) is 5.10. The fourth-order valence-corrected chi connectivity index (χ4v) is 4.81. The Hall–Kier alpha value is 0.140. The van der Waals surface area contributed by atoms with Crippen molar-refractivity contribution >= 4 is 27.3 Å². The summed E-state index contributed by atoms with van der Waals surface area (Å²) in [6.07, 6.45) is 7.29. The highest BCUT2D eigenvalue weighted by atomic mass is 79.9. The van der Waals surface area contributed by atoms with E-state index < -0.39 is 0 Å². The van der Waals surface area contributed by atoms with Gasteiger partial charge in [0.25, 0.3) is 0 Å². The van der Waals surface area contributed by atoms with Crippen LogP contribution in [0.4, 0.5) is 0 Å². The minimum Gasteiger partial charge on any atom is -0.295 e. The zero-order chi connectivity index (χ0) is 11.0. The molecule has 1 aliphatic carbocycles. The van der Waals surface area contributed by atoms with E-state index in [1.54, 1.807) is 0 Å². The number of halogens is 1. The summed E-state index contributed by atoms with van der Waals surface area (Å²) in [6.45, 7) is 2.50. The molecule has 0 N–H and O–H groups in total. The van der Waals surface area contributed by atoms with E-state index in [0.29, 0.717) is 0 Å². The van der Waals surface area contributed by atoms with Crippen molar-refractivity contribution in [1.82, 2.24) is 4.90 Å². The molecule has 1 saturated carbocycles. The van der Waals surface area contributed by atoms with Gasteiger partial charge < -0.3 is 0 Å². The van der Waals surface area contributed by atoms with E-state index >= 15 is 0 Å². The maximum absolute atomic E-state index is 3.54. The van der Waals surface area contributed by atoms with Gasteiger partial charge in [0.2, 0.25) is 0 Å². The quantitative estimate of drug-likeness (QED) is 0.788. The largest absolute Gasteiger partial charge is 0.295 e. The lowest BCUT2D eigenvalue weighted by atomic mass is 9.85. The molecule has 3 rings (SSSR count). The monoisotopic (exact) mass is 299 g/mol. The van der Waals surface area contributed by atoms with E-state index in [4.69, 9.17) is 0 Å². The second-order valence-corrected chi connectivity index (χ2v) is 7.01. The van der Waals surface area contributed by atoms with Gasteiger partial charge in [-0.3, -0.25) is 4.90 Å². The van der Waals surface area contributed by atoms with Crippen LogP contribution in [-0.2, 0) is 6.54 Å². The van der Waals surface area contributed by atoms with Crippen LogP contribution in [0.2, 0.25) is 0 Å². The molecule has 2 fully saturated rings. The van der Waals surface area contributed by atoms with Gasteiger partial charge in [0.1, 0.15) is 0 Å². The topological polar surface area (TPSA) is 3.24 Å². The molecule has 2 aliphatic rings. The molecule has 0 bridgehead atoms. The zero-order valence-corrected chi connectivity index (χ0v) is 11.9. The van der Waals surface area contributed by atoms with Gasteiger partial charge in [-0.15, -0.1) is 11.3 Å². The average molecular weight is 300 g/mol. The summed E-state index contributed by atoms with van der Waals surface area (Å²) >= 11 is 5.43. The highest BCUT2D eigenvalue weighted by molar-refractivity contribution is 9.10. The number of nitrogens with zero attached hydrogens (tertiary/aromatic N) is 1. The molecule has 1 nitrogen and oxygen atoms in total. The number of fused-ring (bicyclic) bond motifs is 1. The molecule has 88 valence electrons. The summed E-state index contributed by atoms with van der Waals surface area (Å²) in [5.74, 6) is 1.01. The molecule has 0 aromatic carbocycles. The third kappa shape index (κ3) is 2.22. The standard InChI is InChI=1S/C13H18BrNS/c14-11-7-12(16-9-11)8-15-6-5-10-3-1-2-4-13(10)15/h7,9-10,13H,1-6,8H2. The Balaban J connectivity index is 1.67. The van der Waals surface area contributed by atoms with Crippen LogP contribution in [0.3, 0.4) is 0 Å². The van der Waals surface area contributed by atoms with Gasteiger partial charge in [-0.25, -0.2) is 0 Å². The molecule has 2 heterocycles. The first-order valence-corrected chi connectivity index (χ1v) is 7.97. The first kappa shape index (κ1) is 11.2. The van der Waals surface area contributed by atoms with Crippen LogP contribution in [0.25, 0.3) is 0 Å². The minimum atomic E-state index is 0.898. The number of thiophene rings is 1. The van der Waals surface area contributed by atoms with Crippen molar-refractivity contribution in [3.8, 4) is 0 Å². The molecule has 1 aliphatic heterocycles. The minimum absolute atomic E-state index is 0.898. The van der Waals surface area contributed by atoms with Crippen LogP contribution < -0.4 is 0 Å². The summed E-state index contributed by atoms with van der Waals surface area (Å²) < 4.78 is 1.24. The third-order valence-electron chi connectivity index (χ3n) is 4.11. The molecule has 0 amide bonds. The van der Waals surface area contributed by atoms with Crippen molar-refractivity contribution in [1.29, 1.82) is 0 Å². The van der Waals surface area contributed by atoms with E-state index in [9.17, 15) is 0 Å². The van der Waals surface area contributed by atoms with Crippen molar-refractivity contribution < 1.29 is 0 Å². The van der Waals surface area contributed by atoms with E-state index in [1.165, 1.54) is 54.5 Å². The van der Waals surface area contributed by atoms with E-state index in [-0.39, 0.29) is 0 Å². The van der Waals surface area contributed by atoms with E-state index in [2.05, 4.69) is 32.3 Å². The Morgan fingerprint density at radius 1 is 1.31 bits per heavy atom. The van der Waals surface area contributed by atoms with Crippen molar-refractivity contribution in [2.45, 2.75) is 44.7 Å². The highest BCUT2D eigenvalue weighted by Gasteiger charge is 2.35. The molecule has 1 aromatic rings. The zero-order valence-electron chi connectivity index (χ0n) is 9.49. The Kier molecular flexibility index (Phi) is 3.37. The maximum Gasteiger partial charge on any atom is 0.0331 e. The maximum atomic E-state index is 3.54. The fourth-order valence-electron chi connectivity index (χ4n) is 3.34. The molecule has 1 aromatic heterocycles. The van der Waals surface area contributed by atoms with E-state index in [1.807, 2.05) is 11.3 Å². The predicted octanol–water partition coefficient (Wildman–Crippen LogP) is 4.28. The molecular weight excluding hydrogens is 282 g/mol. The van der Waals surface area contributed by atoms with Crippen LogP contribution in [0, 0.1) is 5.92 Å². The van der Waals surface area contributed by atoms with Crippen LogP contribution in [0.5, 0.6) is 0 Å². The van der Waals surface area contributed by atoms with Gasteiger partial charge in [-0.05, 0) is 53.7 Å². The van der Waals surface area contributed by atoms with Gasteiger partial charge >= 0.3 is 0 Å². The third-order valence-corrected chi connectivity index (χ3v) is 5.79. The number of hydrogen-bond acceptors (Lipinski definition) is 2. The number of rotatable bonds is 2. The van der Waals surface area contributed by atoms with Crippen molar-refractivity contribution in [2.24, 2.45) is 5.92 Å². The van der Waals surface area contributed by atoms with Gasteiger partial charge in [0, 0.05) is 27.3 Å². The summed E-state index contributed by atoms with van der Waals surface area (Å²) in [4.78, 5) is 4.24. The molecule has 2 unspecified atom stereocenters. The lowest BCUT2D eigenvalue weighted by molar-refractivity contribution is 0.177. The molecule has 0 spiro atoms. The summed E-state index contributed by atoms with van der Waals surface area (Å²) in [7, 11) is 0. The van der Waals surface area contributed by atoms with Crippen LogP contribution in [-0.4, -0.2) is 17.5 Å². The summed E-state index contributed by atoms with van der Waals surface area (Å²) in [5.41, 5.74) is 0. The second kappa shape index (κ2) is 4.79.